The number of benzene rings is 1. The van der Waals surface area contributed by atoms with Gasteiger partial charge in [-0.05, 0) is 31.7 Å². The summed E-state index contributed by atoms with van der Waals surface area (Å²) in [6.07, 6.45) is 8.74. The van der Waals surface area contributed by atoms with E-state index in [9.17, 15) is 4.79 Å². The zero-order valence-electron chi connectivity index (χ0n) is 10.9. The zero-order valence-corrected chi connectivity index (χ0v) is 10.9. The fourth-order valence-electron chi connectivity index (χ4n) is 2.66. The van der Waals surface area contributed by atoms with Crippen LogP contribution in [0.5, 0.6) is 0 Å². The number of amides is 1. The molecule has 1 aliphatic carbocycles. The summed E-state index contributed by atoms with van der Waals surface area (Å²) in [5, 5.41) is 3.99. The van der Waals surface area contributed by atoms with Crippen molar-refractivity contribution < 1.29 is 4.79 Å². The van der Waals surface area contributed by atoms with Gasteiger partial charge in [0, 0.05) is 23.6 Å². The SMILES string of the molecule is O=C(NCCC1=CCCC1)c1c[nH]c2ccccc12. The van der Waals surface area contributed by atoms with Gasteiger partial charge in [0.05, 0.1) is 5.56 Å². The van der Waals surface area contributed by atoms with Crippen molar-refractivity contribution in [3.63, 3.8) is 0 Å². The molecule has 2 aromatic rings. The number of hydrogen-bond donors (Lipinski definition) is 2. The number of carbonyl (C=O) groups excluding carboxylic acids is 1. The molecule has 0 bridgehead atoms. The second-order valence-electron chi connectivity index (χ2n) is 5.01. The third-order valence-electron chi connectivity index (χ3n) is 3.70. The number of fused-ring (bicyclic) bond motifs is 1. The predicted octanol–water partition coefficient (Wildman–Crippen LogP) is 3.40. The van der Waals surface area contributed by atoms with Crippen LogP contribution in [0.3, 0.4) is 0 Å². The highest BCUT2D eigenvalue weighted by atomic mass is 16.1. The molecule has 1 aliphatic rings. The minimum atomic E-state index is 0.0102. The minimum Gasteiger partial charge on any atom is -0.360 e. The van der Waals surface area contributed by atoms with Gasteiger partial charge in [0.1, 0.15) is 0 Å². The molecule has 0 atom stereocenters. The monoisotopic (exact) mass is 254 g/mol. The first-order valence-corrected chi connectivity index (χ1v) is 6.87. The quantitative estimate of drug-likeness (QED) is 0.807. The third-order valence-corrected chi connectivity index (χ3v) is 3.70. The Morgan fingerprint density at radius 1 is 1.32 bits per heavy atom. The van der Waals surface area contributed by atoms with Crippen molar-refractivity contribution in [1.82, 2.24) is 10.3 Å². The Morgan fingerprint density at radius 3 is 3.05 bits per heavy atom. The molecule has 0 radical (unpaired) electrons. The van der Waals surface area contributed by atoms with Gasteiger partial charge in [-0.15, -0.1) is 0 Å². The fraction of sp³-hybridized carbons (Fsp3) is 0.312. The van der Waals surface area contributed by atoms with Crippen molar-refractivity contribution in [2.45, 2.75) is 25.7 Å². The Morgan fingerprint density at radius 2 is 2.21 bits per heavy atom. The summed E-state index contributed by atoms with van der Waals surface area (Å²) in [4.78, 5) is 15.3. The number of nitrogens with one attached hydrogen (secondary N) is 2. The van der Waals surface area contributed by atoms with Gasteiger partial charge in [-0.2, -0.15) is 0 Å². The maximum atomic E-state index is 12.1. The molecule has 19 heavy (non-hydrogen) atoms. The number of carbonyl (C=O) groups is 1. The highest BCUT2D eigenvalue weighted by Gasteiger charge is 2.11. The van der Waals surface area contributed by atoms with Crippen LogP contribution in [0.25, 0.3) is 10.9 Å². The Hall–Kier alpha value is -2.03. The molecule has 0 saturated heterocycles. The van der Waals surface area contributed by atoms with Crippen LogP contribution in [0.4, 0.5) is 0 Å². The smallest absolute Gasteiger partial charge is 0.253 e. The van der Waals surface area contributed by atoms with Crippen molar-refractivity contribution >= 4 is 16.8 Å². The van der Waals surface area contributed by atoms with Gasteiger partial charge in [0.15, 0.2) is 0 Å². The summed E-state index contributed by atoms with van der Waals surface area (Å²) in [5.74, 6) is 0.0102. The van der Waals surface area contributed by atoms with E-state index in [-0.39, 0.29) is 5.91 Å². The molecular weight excluding hydrogens is 236 g/mol. The van der Waals surface area contributed by atoms with E-state index in [4.69, 9.17) is 0 Å². The summed E-state index contributed by atoms with van der Waals surface area (Å²) in [6.45, 7) is 0.726. The van der Waals surface area contributed by atoms with Crippen LogP contribution >= 0.6 is 0 Å². The molecule has 0 saturated carbocycles. The van der Waals surface area contributed by atoms with Crippen LogP contribution in [0, 0.1) is 0 Å². The van der Waals surface area contributed by atoms with E-state index in [0.717, 1.165) is 29.4 Å². The van der Waals surface area contributed by atoms with E-state index in [0.29, 0.717) is 0 Å². The highest BCUT2D eigenvalue weighted by Crippen LogP contribution is 2.20. The zero-order chi connectivity index (χ0) is 13.1. The first-order valence-electron chi connectivity index (χ1n) is 6.87. The maximum absolute atomic E-state index is 12.1. The number of H-pyrrole nitrogens is 1. The van der Waals surface area contributed by atoms with E-state index in [1.165, 1.54) is 24.8 Å². The van der Waals surface area contributed by atoms with E-state index in [1.54, 1.807) is 6.20 Å². The molecule has 1 aromatic heterocycles. The van der Waals surface area contributed by atoms with Crippen molar-refractivity contribution in [2.24, 2.45) is 0 Å². The Balaban J connectivity index is 1.63. The van der Waals surface area contributed by atoms with Crippen molar-refractivity contribution in [1.29, 1.82) is 0 Å². The Labute approximate surface area is 112 Å². The maximum Gasteiger partial charge on any atom is 0.253 e. The third kappa shape index (κ3) is 2.55. The number of allylic oxidation sites excluding steroid dienone is 1. The standard InChI is InChI=1S/C16H18N2O/c19-16(17-10-9-12-5-1-2-6-12)14-11-18-15-8-4-3-7-13(14)15/h3-5,7-8,11,18H,1-2,6,9-10H2,(H,17,19). The van der Waals surface area contributed by atoms with E-state index in [2.05, 4.69) is 16.4 Å². The summed E-state index contributed by atoms with van der Waals surface area (Å²) in [7, 11) is 0. The molecule has 0 fully saturated rings. The van der Waals surface area contributed by atoms with Crippen LogP contribution in [0.1, 0.15) is 36.0 Å². The minimum absolute atomic E-state index is 0.0102. The second-order valence-corrected chi connectivity index (χ2v) is 5.01. The molecule has 0 unspecified atom stereocenters. The summed E-state index contributed by atoms with van der Waals surface area (Å²) in [6, 6.07) is 7.87. The number of aromatic amines is 1. The molecule has 0 spiro atoms. The molecule has 3 nitrogen and oxygen atoms in total. The van der Waals surface area contributed by atoms with E-state index in [1.807, 2.05) is 24.3 Å². The Kier molecular flexibility index (Phi) is 3.36. The normalized spacial score (nSPS) is 14.6. The van der Waals surface area contributed by atoms with Crippen molar-refractivity contribution in [2.75, 3.05) is 6.54 Å². The van der Waals surface area contributed by atoms with E-state index < -0.39 is 0 Å². The van der Waals surface area contributed by atoms with Crippen molar-refractivity contribution in [3.05, 3.63) is 47.7 Å². The van der Waals surface area contributed by atoms with Gasteiger partial charge < -0.3 is 10.3 Å². The van der Waals surface area contributed by atoms with Gasteiger partial charge >= 0.3 is 0 Å². The lowest BCUT2D eigenvalue weighted by Gasteiger charge is -2.05. The van der Waals surface area contributed by atoms with Crippen molar-refractivity contribution in [3.8, 4) is 0 Å². The lowest BCUT2D eigenvalue weighted by Crippen LogP contribution is -2.24. The highest BCUT2D eigenvalue weighted by molar-refractivity contribution is 6.06. The summed E-state index contributed by atoms with van der Waals surface area (Å²) < 4.78 is 0. The average Bonchev–Trinajstić information content (AvgIpc) is 3.07. The fourth-order valence-corrected chi connectivity index (χ4v) is 2.66. The Bertz CT molecular complexity index is 624. The largest absolute Gasteiger partial charge is 0.360 e. The van der Waals surface area contributed by atoms with Crippen LogP contribution < -0.4 is 5.32 Å². The summed E-state index contributed by atoms with van der Waals surface area (Å²) >= 11 is 0. The summed E-state index contributed by atoms with van der Waals surface area (Å²) in [5.41, 5.74) is 3.22. The lowest BCUT2D eigenvalue weighted by molar-refractivity contribution is 0.0956. The van der Waals surface area contributed by atoms with Gasteiger partial charge in [-0.25, -0.2) is 0 Å². The molecule has 98 valence electrons. The van der Waals surface area contributed by atoms with Gasteiger partial charge in [-0.3, -0.25) is 4.79 Å². The number of aromatic nitrogens is 1. The average molecular weight is 254 g/mol. The van der Waals surface area contributed by atoms with Gasteiger partial charge in [0.2, 0.25) is 0 Å². The molecule has 1 heterocycles. The second kappa shape index (κ2) is 5.31. The van der Waals surface area contributed by atoms with Gasteiger partial charge in [-0.1, -0.05) is 29.8 Å². The molecule has 2 N–H and O–H groups in total. The lowest BCUT2D eigenvalue weighted by atomic mass is 10.1. The number of para-hydroxylation sites is 1. The van der Waals surface area contributed by atoms with Crippen LogP contribution in [-0.4, -0.2) is 17.4 Å². The topological polar surface area (TPSA) is 44.9 Å². The van der Waals surface area contributed by atoms with Crippen LogP contribution in [0.2, 0.25) is 0 Å². The number of hydrogen-bond acceptors (Lipinski definition) is 1. The molecule has 1 aromatic carbocycles. The first-order chi connectivity index (χ1) is 9.34. The first kappa shape index (κ1) is 12.0. The molecule has 3 heteroatoms. The van der Waals surface area contributed by atoms with Gasteiger partial charge in [0.25, 0.3) is 5.91 Å². The number of rotatable bonds is 4. The van der Waals surface area contributed by atoms with E-state index >= 15 is 0 Å². The predicted molar refractivity (Wildman–Crippen MR) is 77.2 cm³/mol. The molecule has 0 aliphatic heterocycles. The molecular formula is C16H18N2O. The van der Waals surface area contributed by atoms with Crippen LogP contribution in [0.15, 0.2) is 42.1 Å². The van der Waals surface area contributed by atoms with Crippen LogP contribution in [-0.2, 0) is 0 Å². The molecule has 3 rings (SSSR count). The molecule has 1 amide bonds.